The fraction of sp³-hybridized carbons (Fsp3) is 0.250. The van der Waals surface area contributed by atoms with Crippen LogP contribution in [0.3, 0.4) is 0 Å². The van der Waals surface area contributed by atoms with Crippen molar-refractivity contribution in [2.24, 2.45) is 0 Å². The molecule has 142 valence electrons. The predicted molar refractivity (Wildman–Crippen MR) is 93.6 cm³/mol. The number of nitrogens with two attached hydrogens (primary N) is 1. The lowest BCUT2D eigenvalue weighted by Crippen LogP contribution is -2.04. The molecule has 0 fully saturated rings. The first-order valence-corrected chi connectivity index (χ1v) is 9.16. The summed E-state index contributed by atoms with van der Waals surface area (Å²) in [6.45, 7) is 1.70. The van der Waals surface area contributed by atoms with Crippen LogP contribution in [0.4, 0.5) is 18.9 Å². The third-order valence-corrected chi connectivity index (χ3v) is 4.49. The van der Waals surface area contributed by atoms with E-state index in [9.17, 15) is 17.7 Å². The number of hydrogen-bond donors (Lipinski definition) is 1. The fourth-order valence-electron chi connectivity index (χ4n) is 2.00. The lowest BCUT2D eigenvalue weighted by atomic mass is 10.1. The average molecular weight is 410 g/mol. The number of anilines is 1. The molecule has 0 aliphatic rings. The van der Waals surface area contributed by atoms with Crippen molar-refractivity contribution in [3.05, 3.63) is 46.5 Å². The van der Waals surface area contributed by atoms with Crippen LogP contribution < -0.4 is 15.2 Å². The molecule has 2 rings (SSSR count). The van der Waals surface area contributed by atoms with Crippen molar-refractivity contribution in [1.29, 1.82) is 0 Å². The number of nitrogen functional groups attached to an aromatic ring is 1. The third-order valence-electron chi connectivity index (χ3n) is 3.36. The number of benzene rings is 2. The summed E-state index contributed by atoms with van der Waals surface area (Å²) in [5.74, 6) is 0.543. The Morgan fingerprint density at radius 3 is 2.42 bits per heavy atom. The van der Waals surface area contributed by atoms with Crippen LogP contribution >= 0.6 is 19.6 Å². The molecule has 0 spiro atoms. The van der Waals surface area contributed by atoms with E-state index in [0.717, 1.165) is 18.2 Å². The molecule has 0 bridgehead atoms. The molecule has 0 saturated heterocycles. The Hall–Kier alpha value is -1.89. The van der Waals surface area contributed by atoms with Gasteiger partial charge in [-0.3, -0.25) is 4.57 Å². The molecule has 0 saturated carbocycles. The van der Waals surface area contributed by atoms with Crippen molar-refractivity contribution in [2.75, 3.05) is 19.2 Å². The van der Waals surface area contributed by atoms with Crippen LogP contribution in [0.15, 0.2) is 30.3 Å². The van der Waals surface area contributed by atoms with E-state index in [1.165, 1.54) is 13.2 Å². The van der Waals surface area contributed by atoms with Gasteiger partial charge in [-0.05, 0) is 36.8 Å². The van der Waals surface area contributed by atoms with Gasteiger partial charge in [-0.2, -0.15) is 13.2 Å². The Balaban J connectivity index is 2.27. The molecule has 0 aliphatic carbocycles. The van der Waals surface area contributed by atoms with E-state index in [0.29, 0.717) is 11.3 Å². The Kier molecular flexibility index (Phi) is 6.44. The van der Waals surface area contributed by atoms with Crippen molar-refractivity contribution >= 4 is 25.3 Å². The molecule has 1 atom stereocenters. The number of ether oxygens (including phenoxy) is 2. The molecule has 0 amide bonds. The molecule has 0 radical (unpaired) electrons. The van der Waals surface area contributed by atoms with Gasteiger partial charge in [-0.1, -0.05) is 11.6 Å². The highest BCUT2D eigenvalue weighted by atomic mass is 35.5. The van der Waals surface area contributed by atoms with Crippen LogP contribution in [0, 0.1) is 6.92 Å². The van der Waals surface area contributed by atoms with Gasteiger partial charge in [0.25, 0.3) is 0 Å². The van der Waals surface area contributed by atoms with Crippen LogP contribution in [0.1, 0.15) is 11.1 Å². The van der Waals surface area contributed by atoms with Gasteiger partial charge in [0, 0.05) is 13.2 Å². The normalized spacial score (nSPS) is 12.7. The molecule has 0 aliphatic heterocycles. The molecule has 2 aromatic carbocycles. The second-order valence-electron chi connectivity index (χ2n) is 5.27. The number of alkyl halides is 3. The van der Waals surface area contributed by atoms with Crippen LogP contribution in [0.25, 0.3) is 0 Å². The minimum atomic E-state index is -4.50. The van der Waals surface area contributed by atoms with Crippen molar-refractivity contribution in [3.8, 4) is 17.2 Å². The molecule has 2 aromatic rings. The van der Waals surface area contributed by atoms with Crippen molar-refractivity contribution in [1.82, 2.24) is 0 Å². The van der Waals surface area contributed by atoms with Crippen LogP contribution in [-0.4, -0.2) is 13.5 Å². The van der Waals surface area contributed by atoms with Crippen molar-refractivity contribution < 1.29 is 31.7 Å². The van der Waals surface area contributed by atoms with Gasteiger partial charge < -0.3 is 19.7 Å². The van der Waals surface area contributed by atoms with Crippen LogP contribution in [0.5, 0.6) is 17.2 Å². The minimum Gasteiger partial charge on any atom is -0.481 e. The van der Waals surface area contributed by atoms with Gasteiger partial charge >= 0.3 is 6.18 Å². The lowest BCUT2D eigenvalue weighted by molar-refractivity contribution is -0.137. The van der Waals surface area contributed by atoms with Gasteiger partial charge in [-0.15, -0.1) is 0 Å². The van der Waals surface area contributed by atoms with Gasteiger partial charge in [0.05, 0.1) is 16.3 Å². The maximum absolute atomic E-state index is 12.7. The molecule has 26 heavy (non-hydrogen) atoms. The summed E-state index contributed by atoms with van der Waals surface area (Å²) in [4.78, 5) is 0. The minimum absolute atomic E-state index is 0.0453. The summed E-state index contributed by atoms with van der Waals surface area (Å²) in [6, 6.07) is 5.79. The Morgan fingerprint density at radius 2 is 1.85 bits per heavy atom. The van der Waals surface area contributed by atoms with E-state index in [2.05, 4.69) is 4.52 Å². The second kappa shape index (κ2) is 8.20. The molecule has 2 N–H and O–H groups in total. The SMILES string of the molecule is CO[PH](=O)COc1cc(Oc2ccc(C(F)(F)F)cc2Cl)c(C)cc1N. The summed E-state index contributed by atoms with van der Waals surface area (Å²) in [5.41, 5.74) is 5.88. The molecular formula is C16H16ClF3NO4P. The van der Waals surface area contributed by atoms with Crippen molar-refractivity contribution in [3.63, 3.8) is 0 Å². The molecule has 1 unspecified atom stereocenters. The predicted octanol–water partition coefficient (Wildman–Crippen LogP) is 5.50. The maximum atomic E-state index is 12.7. The molecule has 0 heterocycles. The second-order valence-corrected chi connectivity index (χ2v) is 7.11. The van der Waals surface area contributed by atoms with Crippen LogP contribution in [0.2, 0.25) is 5.02 Å². The average Bonchev–Trinajstić information content (AvgIpc) is 2.56. The van der Waals surface area contributed by atoms with Gasteiger partial charge in [0.1, 0.15) is 17.2 Å². The highest BCUT2D eigenvalue weighted by molar-refractivity contribution is 7.38. The van der Waals surface area contributed by atoms with E-state index < -0.39 is 19.8 Å². The number of halogens is 4. The Labute approximate surface area is 153 Å². The standard InChI is InChI=1S/C16H16ClF3NO4P/c1-9-5-12(21)15(24-8-26(22)23-2)7-14(9)25-13-4-3-10(6-11(13)17)16(18,19)20/h3-7,26H,8,21H2,1-2H3. The molecular weight excluding hydrogens is 394 g/mol. The smallest absolute Gasteiger partial charge is 0.416 e. The monoisotopic (exact) mass is 409 g/mol. The van der Waals surface area contributed by atoms with Gasteiger partial charge in [0.2, 0.25) is 8.03 Å². The van der Waals surface area contributed by atoms with E-state index >= 15 is 0 Å². The lowest BCUT2D eigenvalue weighted by Gasteiger charge is -2.15. The zero-order valence-electron chi connectivity index (χ0n) is 13.8. The Bertz CT molecular complexity index is 830. The summed E-state index contributed by atoms with van der Waals surface area (Å²) in [7, 11) is -1.05. The quantitative estimate of drug-likeness (QED) is 0.504. The van der Waals surface area contributed by atoms with Crippen LogP contribution in [-0.2, 0) is 15.3 Å². The van der Waals surface area contributed by atoms with Gasteiger partial charge in [-0.25, -0.2) is 0 Å². The first-order valence-electron chi connectivity index (χ1n) is 7.26. The number of aryl methyl sites for hydroxylation is 1. The molecule has 10 heteroatoms. The number of hydrogen-bond acceptors (Lipinski definition) is 5. The summed E-state index contributed by atoms with van der Waals surface area (Å²) in [5, 5.41) is -0.192. The van der Waals surface area contributed by atoms with Crippen molar-refractivity contribution in [2.45, 2.75) is 13.1 Å². The Morgan fingerprint density at radius 1 is 1.15 bits per heavy atom. The van der Waals surface area contributed by atoms with E-state index in [1.807, 2.05) is 0 Å². The van der Waals surface area contributed by atoms with E-state index in [4.69, 9.17) is 26.8 Å². The van der Waals surface area contributed by atoms with Gasteiger partial charge in [0.15, 0.2) is 6.35 Å². The zero-order valence-corrected chi connectivity index (χ0v) is 15.6. The molecule has 5 nitrogen and oxygen atoms in total. The topological polar surface area (TPSA) is 70.8 Å². The summed E-state index contributed by atoms with van der Waals surface area (Å²) in [6.07, 6.45) is -4.67. The van der Waals surface area contributed by atoms with E-state index in [1.54, 1.807) is 13.0 Å². The maximum Gasteiger partial charge on any atom is 0.416 e. The fourth-order valence-corrected chi connectivity index (χ4v) is 2.61. The highest BCUT2D eigenvalue weighted by Gasteiger charge is 2.31. The summed E-state index contributed by atoms with van der Waals surface area (Å²) < 4.78 is 65.1. The zero-order chi connectivity index (χ0) is 19.5. The number of rotatable bonds is 6. The van der Waals surface area contributed by atoms with E-state index in [-0.39, 0.29) is 28.6 Å². The largest absolute Gasteiger partial charge is 0.481 e. The first-order chi connectivity index (χ1) is 12.1. The highest BCUT2D eigenvalue weighted by Crippen LogP contribution is 2.39. The third kappa shape index (κ3) is 5.06. The molecule has 0 aromatic heterocycles. The summed E-state index contributed by atoms with van der Waals surface area (Å²) >= 11 is 5.90. The first kappa shape index (κ1) is 20.4.